The molecule has 0 saturated heterocycles. The van der Waals surface area contributed by atoms with Crippen LogP contribution in [-0.4, -0.2) is 54.8 Å². The number of hydrogen-bond donors (Lipinski definition) is 1. The second-order valence-electron chi connectivity index (χ2n) is 3.55. The zero-order chi connectivity index (χ0) is 11.8. The Morgan fingerprint density at radius 3 is 2.53 bits per heavy atom. The van der Waals surface area contributed by atoms with Crippen LogP contribution in [0.25, 0.3) is 0 Å². The molecule has 1 N–H and O–H groups in total. The molecule has 1 rings (SSSR count). The van der Waals surface area contributed by atoms with Crippen LogP contribution >= 0.6 is 0 Å². The SMILES string of the molecule is CC1=CCN(S(=O)(=O)N(C)C)C1C(=O)O. The lowest BCUT2D eigenvalue weighted by atomic mass is 10.2. The van der Waals surface area contributed by atoms with Gasteiger partial charge in [0.15, 0.2) is 0 Å². The van der Waals surface area contributed by atoms with Gasteiger partial charge in [-0.05, 0) is 12.5 Å². The van der Waals surface area contributed by atoms with Crippen molar-refractivity contribution >= 4 is 16.2 Å². The normalized spacial score (nSPS) is 23.2. The lowest BCUT2D eigenvalue weighted by Gasteiger charge is -2.25. The van der Waals surface area contributed by atoms with E-state index in [1.165, 1.54) is 14.1 Å². The number of rotatable bonds is 3. The second-order valence-corrected chi connectivity index (χ2v) is 5.64. The van der Waals surface area contributed by atoms with Gasteiger partial charge in [-0.2, -0.15) is 17.0 Å². The lowest BCUT2D eigenvalue weighted by Crippen LogP contribution is -2.47. The average molecular weight is 234 g/mol. The van der Waals surface area contributed by atoms with E-state index in [0.29, 0.717) is 5.57 Å². The molecule has 0 aromatic rings. The molecule has 1 atom stereocenters. The fourth-order valence-corrected chi connectivity index (χ4v) is 2.64. The summed E-state index contributed by atoms with van der Waals surface area (Å²) >= 11 is 0. The van der Waals surface area contributed by atoms with Crippen molar-refractivity contribution in [1.29, 1.82) is 0 Å². The Balaban J connectivity index is 3.06. The largest absolute Gasteiger partial charge is 0.480 e. The minimum Gasteiger partial charge on any atom is -0.480 e. The molecule has 0 aliphatic carbocycles. The third-order valence-corrected chi connectivity index (χ3v) is 4.18. The first-order valence-electron chi connectivity index (χ1n) is 4.37. The molecule has 0 saturated carbocycles. The summed E-state index contributed by atoms with van der Waals surface area (Å²) in [5.41, 5.74) is 0.549. The molecule has 6 nitrogen and oxygen atoms in total. The molecule has 0 fully saturated rings. The standard InChI is InChI=1S/C8H14N2O4S/c1-6-4-5-10(7(6)8(11)12)15(13,14)9(2)3/h4,7H,5H2,1-3H3,(H,11,12). The first kappa shape index (κ1) is 12.2. The number of carbonyl (C=O) groups is 1. The minimum absolute atomic E-state index is 0.114. The van der Waals surface area contributed by atoms with E-state index in [1.54, 1.807) is 13.0 Å². The Labute approximate surface area is 89.0 Å². The maximum absolute atomic E-state index is 11.7. The third-order valence-electron chi connectivity index (χ3n) is 2.30. The summed E-state index contributed by atoms with van der Waals surface area (Å²) in [6, 6.07) is -1.07. The van der Waals surface area contributed by atoms with Crippen LogP contribution in [0.5, 0.6) is 0 Å². The summed E-state index contributed by atoms with van der Waals surface area (Å²) < 4.78 is 25.5. The van der Waals surface area contributed by atoms with Gasteiger partial charge in [0, 0.05) is 20.6 Å². The molecule has 1 aliphatic rings. The fourth-order valence-electron chi connectivity index (χ4n) is 1.43. The summed E-state index contributed by atoms with van der Waals surface area (Å²) in [7, 11) is -0.916. The quantitative estimate of drug-likeness (QED) is 0.668. The number of nitrogens with zero attached hydrogens (tertiary/aromatic N) is 2. The Bertz CT molecular complexity index is 399. The van der Waals surface area contributed by atoms with Gasteiger partial charge in [0.05, 0.1) is 0 Å². The monoisotopic (exact) mass is 234 g/mol. The topological polar surface area (TPSA) is 77.9 Å². The number of carboxylic acid groups (broad SMARTS) is 1. The van der Waals surface area contributed by atoms with E-state index >= 15 is 0 Å². The Hall–Kier alpha value is -0.920. The molecule has 0 radical (unpaired) electrons. The van der Waals surface area contributed by atoms with E-state index in [1.807, 2.05) is 0 Å². The fraction of sp³-hybridized carbons (Fsp3) is 0.625. The Kier molecular flexibility index (Phi) is 3.17. The Morgan fingerprint density at radius 1 is 1.60 bits per heavy atom. The van der Waals surface area contributed by atoms with Gasteiger partial charge in [-0.15, -0.1) is 0 Å². The van der Waals surface area contributed by atoms with Crippen molar-refractivity contribution in [3.63, 3.8) is 0 Å². The molecule has 0 spiro atoms. The van der Waals surface area contributed by atoms with Crippen molar-refractivity contribution in [3.05, 3.63) is 11.6 Å². The van der Waals surface area contributed by atoms with Crippen molar-refractivity contribution in [2.24, 2.45) is 0 Å². The molecule has 0 aromatic heterocycles. The number of carboxylic acids is 1. The summed E-state index contributed by atoms with van der Waals surface area (Å²) in [4.78, 5) is 10.9. The van der Waals surface area contributed by atoms with Crippen LogP contribution in [-0.2, 0) is 15.0 Å². The molecule has 0 amide bonds. The highest BCUT2D eigenvalue weighted by Gasteiger charge is 2.39. The maximum atomic E-state index is 11.7. The molecule has 1 aliphatic heterocycles. The molecule has 15 heavy (non-hydrogen) atoms. The van der Waals surface area contributed by atoms with E-state index in [0.717, 1.165) is 8.61 Å². The van der Waals surface area contributed by atoms with Crippen LogP contribution in [0.2, 0.25) is 0 Å². The van der Waals surface area contributed by atoms with Crippen LogP contribution in [0.1, 0.15) is 6.92 Å². The van der Waals surface area contributed by atoms with Gasteiger partial charge in [0.2, 0.25) is 0 Å². The highest BCUT2D eigenvalue weighted by Crippen LogP contribution is 2.22. The first-order chi connectivity index (χ1) is 6.78. The predicted octanol–water partition coefficient (Wildman–Crippen LogP) is -0.492. The van der Waals surface area contributed by atoms with Gasteiger partial charge >= 0.3 is 5.97 Å². The summed E-state index contributed by atoms with van der Waals surface area (Å²) in [5, 5.41) is 8.93. The van der Waals surface area contributed by atoms with Crippen LogP contribution in [0, 0.1) is 0 Å². The molecule has 7 heteroatoms. The molecular formula is C8H14N2O4S. The first-order valence-corrected chi connectivity index (χ1v) is 5.77. The van der Waals surface area contributed by atoms with Gasteiger partial charge in [-0.25, -0.2) is 0 Å². The van der Waals surface area contributed by atoms with Crippen molar-refractivity contribution in [1.82, 2.24) is 8.61 Å². The van der Waals surface area contributed by atoms with Gasteiger partial charge < -0.3 is 5.11 Å². The van der Waals surface area contributed by atoms with Crippen LogP contribution in [0.4, 0.5) is 0 Å². The Morgan fingerprint density at radius 2 is 2.13 bits per heavy atom. The van der Waals surface area contributed by atoms with Crippen molar-refractivity contribution in [2.45, 2.75) is 13.0 Å². The van der Waals surface area contributed by atoms with Crippen molar-refractivity contribution in [3.8, 4) is 0 Å². The average Bonchev–Trinajstić information content (AvgIpc) is 2.47. The molecule has 0 bridgehead atoms. The highest BCUT2D eigenvalue weighted by molar-refractivity contribution is 7.86. The smallest absolute Gasteiger partial charge is 0.326 e. The van der Waals surface area contributed by atoms with Gasteiger partial charge in [0.25, 0.3) is 10.2 Å². The highest BCUT2D eigenvalue weighted by atomic mass is 32.2. The van der Waals surface area contributed by atoms with Crippen LogP contribution in [0.3, 0.4) is 0 Å². The minimum atomic E-state index is -3.67. The van der Waals surface area contributed by atoms with Crippen LogP contribution < -0.4 is 0 Å². The summed E-state index contributed by atoms with van der Waals surface area (Å²) in [6.45, 7) is 1.73. The van der Waals surface area contributed by atoms with Gasteiger partial charge in [-0.1, -0.05) is 6.08 Å². The summed E-state index contributed by atoms with van der Waals surface area (Å²) in [5.74, 6) is -1.15. The predicted molar refractivity (Wildman–Crippen MR) is 54.5 cm³/mol. The van der Waals surface area contributed by atoms with E-state index < -0.39 is 22.2 Å². The molecule has 1 heterocycles. The second kappa shape index (κ2) is 3.92. The van der Waals surface area contributed by atoms with E-state index in [9.17, 15) is 13.2 Å². The third kappa shape index (κ3) is 2.04. The number of aliphatic carboxylic acids is 1. The molecule has 1 unspecified atom stereocenters. The van der Waals surface area contributed by atoms with E-state index in [-0.39, 0.29) is 6.54 Å². The van der Waals surface area contributed by atoms with E-state index in [4.69, 9.17) is 5.11 Å². The van der Waals surface area contributed by atoms with Gasteiger partial charge in [-0.3, -0.25) is 4.79 Å². The van der Waals surface area contributed by atoms with Crippen molar-refractivity contribution in [2.75, 3.05) is 20.6 Å². The zero-order valence-electron chi connectivity index (χ0n) is 8.84. The zero-order valence-corrected chi connectivity index (χ0v) is 9.65. The molecule has 86 valence electrons. The van der Waals surface area contributed by atoms with Gasteiger partial charge in [0.1, 0.15) is 6.04 Å². The van der Waals surface area contributed by atoms with Crippen LogP contribution in [0.15, 0.2) is 11.6 Å². The lowest BCUT2D eigenvalue weighted by molar-refractivity contribution is -0.139. The van der Waals surface area contributed by atoms with Crippen molar-refractivity contribution < 1.29 is 18.3 Å². The van der Waals surface area contributed by atoms with E-state index in [2.05, 4.69) is 0 Å². The number of hydrogen-bond acceptors (Lipinski definition) is 3. The maximum Gasteiger partial charge on any atom is 0.326 e. The summed E-state index contributed by atoms with van der Waals surface area (Å²) in [6.07, 6.45) is 1.61. The molecular weight excluding hydrogens is 220 g/mol. The molecule has 0 aromatic carbocycles.